The van der Waals surface area contributed by atoms with Crippen molar-refractivity contribution in [2.45, 2.75) is 59.0 Å². The summed E-state index contributed by atoms with van der Waals surface area (Å²) in [7, 11) is 0. The Morgan fingerprint density at radius 2 is 1.79 bits per heavy atom. The molecule has 3 aromatic carbocycles. The van der Waals surface area contributed by atoms with E-state index in [1.54, 1.807) is 6.07 Å². The lowest BCUT2D eigenvalue weighted by Crippen LogP contribution is -2.25. The number of fused-ring (bicyclic) bond motifs is 1. The molecule has 7 heteroatoms. The van der Waals surface area contributed by atoms with Gasteiger partial charge in [-0.25, -0.2) is 0 Å². The van der Waals surface area contributed by atoms with E-state index in [0.29, 0.717) is 22.2 Å². The van der Waals surface area contributed by atoms with E-state index in [-0.39, 0.29) is 18.6 Å². The molecule has 0 bridgehead atoms. The van der Waals surface area contributed by atoms with Crippen LogP contribution in [-0.2, 0) is 11.2 Å². The van der Waals surface area contributed by atoms with Crippen LogP contribution in [0.3, 0.4) is 0 Å². The maximum absolute atomic E-state index is 12.7. The molecule has 0 spiro atoms. The highest BCUT2D eigenvalue weighted by Gasteiger charge is 2.30. The van der Waals surface area contributed by atoms with Crippen LogP contribution in [0.4, 0.5) is 4.39 Å². The van der Waals surface area contributed by atoms with Gasteiger partial charge in [-0.1, -0.05) is 59.6 Å². The Morgan fingerprint density at radius 3 is 2.49 bits per heavy atom. The van der Waals surface area contributed by atoms with Crippen LogP contribution in [0.5, 0.6) is 5.75 Å². The lowest BCUT2D eigenvalue weighted by atomic mass is 9.86. The number of aryl methyl sites for hydroxylation is 1. The number of aliphatic hydroxyl groups is 1. The minimum absolute atomic E-state index is 0.126. The summed E-state index contributed by atoms with van der Waals surface area (Å²) in [6, 6.07) is 19.7. The fourth-order valence-electron chi connectivity index (χ4n) is 6.15. The van der Waals surface area contributed by atoms with Crippen LogP contribution < -0.4 is 4.74 Å². The van der Waals surface area contributed by atoms with Gasteiger partial charge in [0, 0.05) is 29.1 Å². The van der Waals surface area contributed by atoms with Gasteiger partial charge < -0.3 is 14.7 Å². The average Bonchev–Trinajstić information content (AvgIpc) is 3.37. The molecule has 1 N–H and O–H groups in total. The third-order valence-corrected chi connectivity index (χ3v) is 9.05. The number of carbonyl (C=O) groups excluding carboxylic acids is 1. The van der Waals surface area contributed by atoms with Gasteiger partial charge in [-0.05, 0) is 123 Å². The number of aliphatic hydroxyl groups excluding tert-OH is 1. The highest BCUT2D eigenvalue weighted by Crippen LogP contribution is 2.43. The van der Waals surface area contributed by atoms with E-state index in [4.69, 9.17) is 27.9 Å². The van der Waals surface area contributed by atoms with Crippen LogP contribution in [0.25, 0.3) is 11.1 Å². The van der Waals surface area contributed by atoms with Crippen molar-refractivity contribution < 1.29 is 19.0 Å². The van der Waals surface area contributed by atoms with Crippen molar-refractivity contribution in [3.63, 3.8) is 0 Å². The molecule has 0 saturated carbocycles. The number of benzene rings is 3. The standard InChI is InChI=1S/C36H40Cl2FNO3/c1-36(2,3)35(42)43-28-13-15-29-25(20-28)6-4-7-31(30-14-12-27(37)21-32(30)38)33(29)23-8-10-24(11-9-23)34(41)26-16-19-40(22-26)18-5-17-39/h8-15,20-21,26,34,41H,4-7,16-19,22H2,1-3H3. The van der Waals surface area contributed by atoms with Crippen molar-refractivity contribution in [3.8, 4) is 5.75 Å². The van der Waals surface area contributed by atoms with E-state index in [2.05, 4.69) is 17.0 Å². The zero-order valence-electron chi connectivity index (χ0n) is 25.1. The number of halogens is 3. The van der Waals surface area contributed by atoms with Gasteiger partial charge in [0.25, 0.3) is 0 Å². The maximum Gasteiger partial charge on any atom is 0.316 e. The summed E-state index contributed by atoms with van der Waals surface area (Å²) in [4.78, 5) is 14.8. The van der Waals surface area contributed by atoms with E-state index in [9.17, 15) is 14.3 Å². The van der Waals surface area contributed by atoms with Crippen LogP contribution in [0.1, 0.15) is 80.4 Å². The molecule has 0 amide bonds. The van der Waals surface area contributed by atoms with Crippen molar-refractivity contribution >= 4 is 40.3 Å². The summed E-state index contributed by atoms with van der Waals surface area (Å²) in [5.41, 5.74) is 6.63. The molecule has 1 fully saturated rings. The predicted octanol–water partition coefficient (Wildman–Crippen LogP) is 8.96. The fraction of sp³-hybridized carbons (Fsp3) is 0.417. The lowest BCUT2D eigenvalue weighted by Gasteiger charge is -2.21. The summed E-state index contributed by atoms with van der Waals surface area (Å²) >= 11 is 13.0. The first-order valence-corrected chi connectivity index (χ1v) is 15.9. The predicted molar refractivity (Wildman–Crippen MR) is 173 cm³/mol. The number of nitrogens with zero attached hydrogens (tertiary/aromatic N) is 1. The molecule has 1 aliphatic heterocycles. The lowest BCUT2D eigenvalue weighted by molar-refractivity contribution is -0.143. The highest BCUT2D eigenvalue weighted by molar-refractivity contribution is 6.36. The number of esters is 1. The van der Waals surface area contributed by atoms with Crippen molar-refractivity contribution in [1.29, 1.82) is 0 Å². The van der Waals surface area contributed by atoms with Gasteiger partial charge in [-0.15, -0.1) is 0 Å². The molecule has 2 unspecified atom stereocenters. The molecular formula is C36H40Cl2FNO3. The molecule has 3 aromatic rings. The Kier molecular flexibility index (Phi) is 9.97. The van der Waals surface area contributed by atoms with Gasteiger partial charge in [0.05, 0.1) is 18.2 Å². The molecule has 43 heavy (non-hydrogen) atoms. The SMILES string of the molecule is CC(C)(C)C(=O)Oc1ccc2c(c1)CCCC(c1ccc(Cl)cc1Cl)=C2c1ccc(C(O)C2CCN(CCCF)C2)cc1. The number of alkyl halides is 1. The maximum atomic E-state index is 12.7. The van der Waals surface area contributed by atoms with Gasteiger partial charge in [0.2, 0.25) is 0 Å². The Labute approximate surface area is 264 Å². The molecule has 2 atom stereocenters. The largest absolute Gasteiger partial charge is 0.426 e. The first-order chi connectivity index (χ1) is 20.5. The summed E-state index contributed by atoms with van der Waals surface area (Å²) < 4.78 is 18.4. The topological polar surface area (TPSA) is 49.8 Å². The monoisotopic (exact) mass is 623 g/mol. The third-order valence-electron chi connectivity index (χ3n) is 8.50. The van der Waals surface area contributed by atoms with Crippen LogP contribution in [0.15, 0.2) is 60.7 Å². The quantitative estimate of drug-likeness (QED) is 0.201. The van der Waals surface area contributed by atoms with Gasteiger partial charge >= 0.3 is 5.97 Å². The zero-order valence-corrected chi connectivity index (χ0v) is 26.6. The Balaban J connectivity index is 1.52. The van der Waals surface area contributed by atoms with E-state index in [1.807, 2.05) is 63.2 Å². The number of ether oxygens (including phenoxy) is 1. The number of likely N-dealkylation sites (tertiary alicyclic amines) is 1. The molecule has 0 aromatic heterocycles. The number of hydrogen-bond donors (Lipinski definition) is 1. The Morgan fingerprint density at radius 1 is 1.05 bits per heavy atom. The first-order valence-electron chi connectivity index (χ1n) is 15.2. The second kappa shape index (κ2) is 13.5. The molecule has 1 saturated heterocycles. The van der Waals surface area contributed by atoms with Gasteiger partial charge in [-0.3, -0.25) is 9.18 Å². The zero-order chi connectivity index (χ0) is 30.7. The van der Waals surface area contributed by atoms with Crippen molar-refractivity contribution in [1.82, 2.24) is 4.90 Å². The number of allylic oxidation sites excluding steroid dienone is 1. The smallest absolute Gasteiger partial charge is 0.316 e. The number of hydrogen-bond acceptors (Lipinski definition) is 4. The summed E-state index contributed by atoms with van der Waals surface area (Å²) in [6.45, 7) is 7.63. The van der Waals surface area contributed by atoms with E-state index >= 15 is 0 Å². The van der Waals surface area contributed by atoms with Gasteiger partial charge in [-0.2, -0.15) is 0 Å². The molecule has 228 valence electrons. The second-order valence-electron chi connectivity index (χ2n) is 12.7. The molecule has 5 rings (SSSR count). The number of rotatable bonds is 8. The Bertz CT molecular complexity index is 1500. The first kappa shape index (κ1) is 31.7. The van der Waals surface area contributed by atoms with Crippen molar-refractivity contribution in [2.24, 2.45) is 11.3 Å². The summed E-state index contributed by atoms with van der Waals surface area (Å²) in [5.74, 6) is 0.398. The highest BCUT2D eigenvalue weighted by atomic mass is 35.5. The second-order valence-corrected chi connectivity index (χ2v) is 13.6. The third kappa shape index (κ3) is 7.34. The minimum Gasteiger partial charge on any atom is -0.426 e. The van der Waals surface area contributed by atoms with Gasteiger partial charge in [0.15, 0.2) is 0 Å². The van der Waals surface area contributed by atoms with E-state index in [0.717, 1.165) is 84.3 Å². The number of carbonyl (C=O) groups is 1. The van der Waals surface area contributed by atoms with Crippen LogP contribution in [-0.4, -0.2) is 42.3 Å². The van der Waals surface area contributed by atoms with E-state index in [1.165, 1.54) is 0 Å². The molecule has 1 heterocycles. The van der Waals surface area contributed by atoms with Crippen LogP contribution >= 0.6 is 23.2 Å². The summed E-state index contributed by atoms with van der Waals surface area (Å²) in [5, 5.41) is 12.4. The molecule has 0 radical (unpaired) electrons. The minimum atomic E-state index is -0.603. The normalized spacial score (nSPS) is 18.3. The van der Waals surface area contributed by atoms with Crippen LogP contribution in [0, 0.1) is 11.3 Å². The molecular weight excluding hydrogens is 584 g/mol. The average molecular weight is 625 g/mol. The van der Waals surface area contributed by atoms with Gasteiger partial charge in [0.1, 0.15) is 5.75 Å². The Hall–Kier alpha value is -2.70. The molecule has 4 nitrogen and oxygen atoms in total. The summed E-state index contributed by atoms with van der Waals surface area (Å²) in [6.07, 6.45) is 3.39. The van der Waals surface area contributed by atoms with Crippen molar-refractivity contribution in [3.05, 3.63) is 98.5 Å². The van der Waals surface area contributed by atoms with Crippen LogP contribution in [0.2, 0.25) is 10.0 Å². The van der Waals surface area contributed by atoms with Crippen molar-refractivity contribution in [2.75, 3.05) is 26.3 Å². The fourth-order valence-corrected chi connectivity index (χ4v) is 6.67. The molecule has 2 aliphatic rings. The molecule has 1 aliphatic carbocycles. The van der Waals surface area contributed by atoms with E-state index < -0.39 is 11.5 Å².